The number of furan rings is 1. The third kappa shape index (κ3) is 4.14. The van der Waals surface area contributed by atoms with Gasteiger partial charge in [0.15, 0.2) is 0 Å². The third-order valence-electron chi connectivity index (χ3n) is 1.99. The van der Waals surface area contributed by atoms with Gasteiger partial charge in [-0.2, -0.15) is 0 Å². The monoisotopic (exact) mass is 258 g/mol. The number of aromatic carboxylic acids is 1. The number of hydrogen-bond donors (Lipinski definition) is 1. The molecule has 1 aromatic heterocycles. The summed E-state index contributed by atoms with van der Waals surface area (Å²) in [4.78, 5) is 21.7. The van der Waals surface area contributed by atoms with Crippen molar-refractivity contribution in [3.05, 3.63) is 23.7 Å². The molecular formula is C11H14O5S. The molecule has 5 nitrogen and oxygen atoms in total. The predicted molar refractivity (Wildman–Crippen MR) is 63.2 cm³/mol. The highest BCUT2D eigenvalue weighted by Crippen LogP contribution is 2.29. The van der Waals surface area contributed by atoms with Crippen LogP contribution in [0.3, 0.4) is 0 Å². The molecule has 0 spiro atoms. The summed E-state index contributed by atoms with van der Waals surface area (Å²) in [6.07, 6.45) is 0. The molecule has 0 aliphatic heterocycles. The Hall–Kier alpha value is -1.43. The van der Waals surface area contributed by atoms with Gasteiger partial charge < -0.3 is 14.3 Å². The Morgan fingerprint density at radius 2 is 2.24 bits per heavy atom. The Balaban J connectivity index is 2.49. The second-order valence-electron chi connectivity index (χ2n) is 3.27. The molecule has 0 saturated heterocycles. The van der Waals surface area contributed by atoms with Gasteiger partial charge in [-0.3, -0.25) is 4.79 Å². The van der Waals surface area contributed by atoms with Crippen molar-refractivity contribution < 1.29 is 23.8 Å². The second kappa shape index (κ2) is 6.34. The SMILES string of the molecule is CCOC(=O)CSC(C)c1ccc(C(=O)O)o1. The summed E-state index contributed by atoms with van der Waals surface area (Å²) >= 11 is 1.34. The average molecular weight is 258 g/mol. The van der Waals surface area contributed by atoms with Crippen LogP contribution in [-0.4, -0.2) is 29.4 Å². The highest BCUT2D eigenvalue weighted by molar-refractivity contribution is 8.00. The number of rotatable bonds is 6. The molecule has 0 amide bonds. The molecule has 0 aliphatic rings. The molecule has 0 fully saturated rings. The Bertz CT molecular complexity index is 398. The van der Waals surface area contributed by atoms with Gasteiger partial charge >= 0.3 is 11.9 Å². The average Bonchev–Trinajstić information content (AvgIpc) is 2.75. The fourth-order valence-corrected chi connectivity index (χ4v) is 1.92. The van der Waals surface area contributed by atoms with Gasteiger partial charge in [0, 0.05) is 0 Å². The first-order valence-electron chi connectivity index (χ1n) is 5.14. The van der Waals surface area contributed by atoms with E-state index in [0.717, 1.165) is 0 Å². The van der Waals surface area contributed by atoms with Crippen molar-refractivity contribution in [2.24, 2.45) is 0 Å². The standard InChI is InChI=1S/C11H14O5S/c1-3-15-10(12)6-17-7(2)8-4-5-9(16-8)11(13)14/h4-5,7H,3,6H2,1-2H3,(H,13,14). The molecule has 0 radical (unpaired) electrons. The van der Waals surface area contributed by atoms with Crippen molar-refractivity contribution in [3.8, 4) is 0 Å². The first kappa shape index (κ1) is 13.6. The Labute approximate surface area is 103 Å². The zero-order valence-electron chi connectivity index (χ0n) is 9.63. The molecule has 1 unspecified atom stereocenters. The van der Waals surface area contributed by atoms with Crippen LogP contribution in [0.25, 0.3) is 0 Å². The third-order valence-corrected chi connectivity index (χ3v) is 3.13. The fraction of sp³-hybridized carbons (Fsp3) is 0.455. The molecule has 0 bridgehead atoms. The lowest BCUT2D eigenvalue weighted by Crippen LogP contribution is -2.07. The van der Waals surface area contributed by atoms with Gasteiger partial charge in [-0.15, -0.1) is 11.8 Å². The molecule has 17 heavy (non-hydrogen) atoms. The van der Waals surface area contributed by atoms with E-state index in [1.54, 1.807) is 13.0 Å². The zero-order valence-corrected chi connectivity index (χ0v) is 10.5. The number of ether oxygens (including phenoxy) is 1. The minimum Gasteiger partial charge on any atom is -0.475 e. The number of esters is 1. The minimum atomic E-state index is -1.10. The molecule has 1 rings (SSSR count). The van der Waals surface area contributed by atoms with E-state index in [4.69, 9.17) is 14.3 Å². The van der Waals surface area contributed by atoms with Crippen molar-refractivity contribution in [1.29, 1.82) is 0 Å². The molecule has 1 heterocycles. The summed E-state index contributed by atoms with van der Waals surface area (Å²) in [5, 5.41) is 8.60. The molecule has 0 aliphatic carbocycles. The topological polar surface area (TPSA) is 76.7 Å². The van der Waals surface area contributed by atoms with Crippen LogP contribution in [0.4, 0.5) is 0 Å². The van der Waals surface area contributed by atoms with Crippen molar-refractivity contribution >= 4 is 23.7 Å². The molecule has 6 heteroatoms. The summed E-state index contributed by atoms with van der Waals surface area (Å²) in [5.74, 6) is -0.716. The summed E-state index contributed by atoms with van der Waals surface area (Å²) in [6.45, 7) is 3.95. The number of carboxylic acids is 1. The van der Waals surface area contributed by atoms with Crippen LogP contribution in [0.15, 0.2) is 16.5 Å². The van der Waals surface area contributed by atoms with Crippen LogP contribution in [0.2, 0.25) is 0 Å². The number of carbonyl (C=O) groups excluding carboxylic acids is 1. The molecular weight excluding hydrogens is 244 g/mol. The normalized spacial score (nSPS) is 12.1. The van der Waals surface area contributed by atoms with Crippen LogP contribution >= 0.6 is 11.8 Å². The van der Waals surface area contributed by atoms with Crippen molar-refractivity contribution in [1.82, 2.24) is 0 Å². The highest BCUT2D eigenvalue weighted by Gasteiger charge is 2.15. The lowest BCUT2D eigenvalue weighted by Gasteiger charge is -2.07. The van der Waals surface area contributed by atoms with Crippen molar-refractivity contribution in [2.75, 3.05) is 12.4 Å². The molecule has 1 N–H and O–H groups in total. The Morgan fingerprint density at radius 3 is 2.76 bits per heavy atom. The number of thioether (sulfide) groups is 1. The Morgan fingerprint density at radius 1 is 1.53 bits per heavy atom. The molecule has 1 aromatic rings. The maximum atomic E-state index is 11.1. The van der Waals surface area contributed by atoms with Crippen LogP contribution in [0.5, 0.6) is 0 Å². The second-order valence-corrected chi connectivity index (χ2v) is 4.59. The lowest BCUT2D eigenvalue weighted by atomic mass is 10.3. The van der Waals surface area contributed by atoms with Gasteiger partial charge in [-0.1, -0.05) is 0 Å². The fourth-order valence-electron chi connectivity index (χ4n) is 1.16. The summed E-state index contributed by atoms with van der Waals surface area (Å²) in [7, 11) is 0. The molecule has 94 valence electrons. The van der Waals surface area contributed by atoms with E-state index < -0.39 is 5.97 Å². The summed E-state index contributed by atoms with van der Waals surface area (Å²) in [5.41, 5.74) is 0. The highest BCUT2D eigenvalue weighted by atomic mass is 32.2. The number of carbonyl (C=O) groups is 2. The summed E-state index contributed by atoms with van der Waals surface area (Å²) < 4.78 is 9.91. The van der Waals surface area contributed by atoms with Gasteiger partial charge in [0.1, 0.15) is 5.76 Å². The van der Waals surface area contributed by atoms with E-state index in [0.29, 0.717) is 12.4 Å². The van der Waals surface area contributed by atoms with E-state index in [9.17, 15) is 9.59 Å². The van der Waals surface area contributed by atoms with Gasteiger partial charge in [0.05, 0.1) is 17.6 Å². The number of hydrogen-bond acceptors (Lipinski definition) is 5. The van der Waals surface area contributed by atoms with Crippen LogP contribution in [0, 0.1) is 0 Å². The van der Waals surface area contributed by atoms with Gasteiger partial charge in [0.2, 0.25) is 5.76 Å². The van der Waals surface area contributed by atoms with E-state index >= 15 is 0 Å². The first-order valence-corrected chi connectivity index (χ1v) is 6.19. The van der Waals surface area contributed by atoms with Crippen molar-refractivity contribution in [3.63, 3.8) is 0 Å². The van der Waals surface area contributed by atoms with E-state index in [2.05, 4.69) is 0 Å². The van der Waals surface area contributed by atoms with E-state index in [1.807, 2.05) is 6.92 Å². The maximum Gasteiger partial charge on any atom is 0.371 e. The Kier molecular flexibility index (Phi) is 5.09. The maximum absolute atomic E-state index is 11.1. The minimum absolute atomic E-state index is 0.0903. The van der Waals surface area contributed by atoms with Crippen LogP contribution in [0.1, 0.15) is 35.4 Å². The molecule has 1 atom stereocenters. The number of carboxylic acid groups (broad SMARTS) is 1. The molecule has 0 aromatic carbocycles. The van der Waals surface area contributed by atoms with E-state index in [1.165, 1.54) is 17.8 Å². The first-order chi connectivity index (χ1) is 8.04. The van der Waals surface area contributed by atoms with Crippen LogP contribution in [-0.2, 0) is 9.53 Å². The molecule has 0 saturated carbocycles. The van der Waals surface area contributed by atoms with E-state index in [-0.39, 0.29) is 22.7 Å². The summed E-state index contributed by atoms with van der Waals surface area (Å²) in [6, 6.07) is 3.01. The van der Waals surface area contributed by atoms with Gasteiger partial charge in [-0.25, -0.2) is 4.79 Å². The van der Waals surface area contributed by atoms with Gasteiger partial charge in [-0.05, 0) is 26.0 Å². The largest absolute Gasteiger partial charge is 0.475 e. The lowest BCUT2D eigenvalue weighted by molar-refractivity contribution is -0.139. The quantitative estimate of drug-likeness (QED) is 0.789. The van der Waals surface area contributed by atoms with Gasteiger partial charge in [0.25, 0.3) is 0 Å². The predicted octanol–water partition coefficient (Wildman–Crippen LogP) is 2.34. The zero-order chi connectivity index (χ0) is 12.8. The smallest absolute Gasteiger partial charge is 0.371 e. The van der Waals surface area contributed by atoms with Crippen molar-refractivity contribution in [2.45, 2.75) is 19.1 Å². The van der Waals surface area contributed by atoms with Crippen LogP contribution < -0.4 is 0 Å².